The first kappa shape index (κ1) is 15.8. The molecule has 0 saturated carbocycles. The Labute approximate surface area is 140 Å². The highest BCUT2D eigenvalue weighted by Crippen LogP contribution is 2.25. The van der Waals surface area contributed by atoms with Gasteiger partial charge in [-0.2, -0.15) is 9.61 Å². The minimum atomic E-state index is 0.661. The predicted molar refractivity (Wildman–Crippen MR) is 95.1 cm³/mol. The summed E-state index contributed by atoms with van der Waals surface area (Å²) >= 11 is 5.96. The predicted octanol–water partition coefficient (Wildman–Crippen LogP) is 3.43. The molecule has 0 radical (unpaired) electrons. The summed E-state index contributed by atoms with van der Waals surface area (Å²) in [5.41, 5.74) is 10.4. The van der Waals surface area contributed by atoms with Crippen LogP contribution < -0.4 is 11.1 Å². The molecule has 0 unspecified atom stereocenters. The lowest BCUT2D eigenvalue weighted by Crippen LogP contribution is -2.13. The van der Waals surface area contributed by atoms with Gasteiger partial charge in [-0.15, -0.1) is 0 Å². The molecular weight excluding hydrogens is 310 g/mol. The maximum absolute atomic E-state index is 5.96. The topological polar surface area (TPSA) is 68.2 Å². The lowest BCUT2D eigenvalue weighted by molar-refractivity contribution is 0.846. The van der Waals surface area contributed by atoms with Crippen LogP contribution in [0, 0.1) is 13.8 Å². The van der Waals surface area contributed by atoms with Gasteiger partial charge >= 0.3 is 0 Å². The van der Waals surface area contributed by atoms with E-state index in [2.05, 4.69) is 17.2 Å². The number of hydrogen-bond acceptors (Lipinski definition) is 4. The van der Waals surface area contributed by atoms with E-state index < -0.39 is 0 Å². The maximum atomic E-state index is 5.96. The Balaban J connectivity index is 2.07. The zero-order valence-corrected chi connectivity index (χ0v) is 14.1. The van der Waals surface area contributed by atoms with Crippen LogP contribution in [0.4, 0.5) is 5.82 Å². The average molecular weight is 330 g/mol. The quantitative estimate of drug-likeness (QED) is 0.704. The van der Waals surface area contributed by atoms with Gasteiger partial charge in [-0.1, -0.05) is 23.7 Å². The van der Waals surface area contributed by atoms with Crippen LogP contribution in [0.3, 0.4) is 0 Å². The van der Waals surface area contributed by atoms with E-state index >= 15 is 0 Å². The van der Waals surface area contributed by atoms with Crippen molar-refractivity contribution in [2.24, 2.45) is 5.73 Å². The first-order chi connectivity index (χ1) is 11.1. The number of nitrogens with two attached hydrogens (primary N) is 1. The lowest BCUT2D eigenvalue weighted by atomic mass is 10.1. The van der Waals surface area contributed by atoms with Crippen LogP contribution in [0.15, 0.2) is 30.3 Å². The molecule has 0 fully saturated rings. The number of hydrogen-bond donors (Lipinski definition) is 2. The molecule has 1 aromatic carbocycles. The number of fused-ring (bicyclic) bond motifs is 1. The molecule has 2 aromatic heterocycles. The van der Waals surface area contributed by atoms with Gasteiger partial charge in [0.1, 0.15) is 5.82 Å². The summed E-state index contributed by atoms with van der Waals surface area (Å²) in [6.45, 7) is 5.54. The number of aryl methyl sites for hydroxylation is 1. The zero-order valence-electron chi connectivity index (χ0n) is 13.3. The SMILES string of the molecule is Cc1nc2cc(-c3ccc(Cl)cc3)nn2c(NCCCN)c1C. The van der Waals surface area contributed by atoms with Crippen molar-refractivity contribution in [3.63, 3.8) is 0 Å². The summed E-state index contributed by atoms with van der Waals surface area (Å²) in [4.78, 5) is 4.64. The number of benzene rings is 1. The third-order valence-corrected chi connectivity index (χ3v) is 4.15. The van der Waals surface area contributed by atoms with Crippen LogP contribution >= 0.6 is 11.6 Å². The van der Waals surface area contributed by atoms with Gasteiger partial charge < -0.3 is 11.1 Å². The third kappa shape index (κ3) is 3.16. The Kier molecular flexibility index (Phi) is 4.50. The van der Waals surface area contributed by atoms with Crippen LogP contribution in [0.2, 0.25) is 5.02 Å². The van der Waals surface area contributed by atoms with E-state index in [1.165, 1.54) is 0 Å². The molecule has 0 spiro atoms. The summed E-state index contributed by atoms with van der Waals surface area (Å²) in [5.74, 6) is 0.973. The van der Waals surface area contributed by atoms with Crippen molar-refractivity contribution >= 4 is 23.1 Å². The Morgan fingerprint density at radius 1 is 1.22 bits per heavy atom. The molecule has 0 aliphatic heterocycles. The number of halogens is 1. The third-order valence-electron chi connectivity index (χ3n) is 3.90. The highest BCUT2D eigenvalue weighted by Gasteiger charge is 2.13. The first-order valence-corrected chi connectivity index (χ1v) is 8.05. The fourth-order valence-electron chi connectivity index (χ4n) is 2.48. The van der Waals surface area contributed by atoms with Gasteiger partial charge in [-0.25, -0.2) is 4.98 Å². The second kappa shape index (κ2) is 6.56. The molecule has 0 atom stereocenters. The minimum Gasteiger partial charge on any atom is -0.370 e. The van der Waals surface area contributed by atoms with Crippen molar-refractivity contribution in [2.45, 2.75) is 20.3 Å². The molecular formula is C17H20ClN5. The lowest BCUT2D eigenvalue weighted by Gasteiger charge is -2.12. The van der Waals surface area contributed by atoms with Crippen LogP contribution in [0.1, 0.15) is 17.7 Å². The van der Waals surface area contributed by atoms with Crippen molar-refractivity contribution in [2.75, 3.05) is 18.4 Å². The van der Waals surface area contributed by atoms with Crippen molar-refractivity contribution in [1.82, 2.24) is 14.6 Å². The molecule has 0 amide bonds. The average Bonchev–Trinajstić information content (AvgIpc) is 2.95. The Bertz CT molecular complexity index is 823. The molecule has 0 saturated heterocycles. The maximum Gasteiger partial charge on any atom is 0.158 e. The van der Waals surface area contributed by atoms with Gasteiger partial charge in [0.25, 0.3) is 0 Å². The fraction of sp³-hybridized carbons (Fsp3) is 0.294. The normalized spacial score (nSPS) is 11.1. The number of aromatic nitrogens is 3. The smallest absolute Gasteiger partial charge is 0.158 e. The van der Waals surface area contributed by atoms with E-state index in [-0.39, 0.29) is 0 Å². The zero-order chi connectivity index (χ0) is 16.4. The summed E-state index contributed by atoms with van der Waals surface area (Å²) in [6.07, 6.45) is 0.910. The second-order valence-corrected chi connectivity index (χ2v) is 5.98. The molecule has 5 nitrogen and oxygen atoms in total. The Hall–Kier alpha value is -2.11. The van der Waals surface area contributed by atoms with E-state index in [0.717, 1.165) is 46.9 Å². The van der Waals surface area contributed by atoms with E-state index in [9.17, 15) is 0 Å². The molecule has 3 rings (SSSR count). The highest BCUT2D eigenvalue weighted by molar-refractivity contribution is 6.30. The largest absolute Gasteiger partial charge is 0.370 e. The van der Waals surface area contributed by atoms with Gasteiger partial charge in [0, 0.05) is 34.5 Å². The van der Waals surface area contributed by atoms with Gasteiger partial charge in [0.2, 0.25) is 0 Å². The van der Waals surface area contributed by atoms with E-state index in [1.54, 1.807) is 0 Å². The van der Waals surface area contributed by atoms with Crippen molar-refractivity contribution in [1.29, 1.82) is 0 Å². The highest BCUT2D eigenvalue weighted by atomic mass is 35.5. The number of anilines is 1. The van der Waals surface area contributed by atoms with Crippen LogP contribution in [-0.2, 0) is 0 Å². The van der Waals surface area contributed by atoms with Crippen molar-refractivity contribution in [3.8, 4) is 11.3 Å². The molecule has 3 aromatic rings. The van der Waals surface area contributed by atoms with E-state index in [4.69, 9.17) is 22.4 Å². The molecule has 23 heavy (non-hydrogen) atoms. The van der Waals surface area contributed by atoms with E-state index in [0.29, 0.717) is 11.6 Å². The monoisotopic (exact) mass is 329 g/mol. The van der Waals surface area contributed by atoms with Gasteiger partial charge in [0.15, 0.2) is 5.65 Å². The molecule has 6 heteroatoms. The fourth-order valence-corrected chi connectivity index (χ4v) is 2.61. The van der Waals surface area contributed by atoms with E-state index in [1.807, 2.05) is 41.8 Å². The van der Waals surface area contributed by atoms with Crippen LogP contribution in [0.5, 0.6) is 0 Å². The summed E-state index contributed by atoms with van der Waals surface area (Å²) < 4.78 is 1.86. The number of nitrogens with zero attached hydrogens (tertiary/aromatic N) is 3. The minimum absolute atomic E-state index is 0.661. The molecule has 0 bridgehead atoms. The second-order valence-electron chi connectivity index (χ2n) is 5.55. The molecule has 120 valence electrons. The Morgan fingerprint density at radius 2 is 1.96 bits per heavy atom. The van der Waals surface area contributed by atoms with Gasteiger partial charge in [-0.3, -0.25) is 0 Å². The number of rotatable bonds is 5. The van der Waals surface area contributed by atoms with Gasteiger partial charge in [0.05, 0.1) is 5.69 Å². The molecule has 0 aliphatic rings. The molecule has 0 aliphatic carbocycles. The van der Waals surface area contributed by atoms with Crippen LogP contribution in [0.25, 0.3) is 16.9 Å². The molecule has 2 heterocycles. The van der Waals surface area contributed by atoms with Crippen molar-refractivity contribution < 1.29 is 0 Å². The standard InChI is InChI=1S/C17H20ClN5/c1-11-12(2)21-16-10-15(13-4-6-14(18)7-5-13)22-23(16)17(11)20-9-3-8-19/h4-7,10,20H,3,8-9,19H2,1-2H3. The van der Waals surface area contributed by atoms with Gasteiger partial charge in [-0.05, 0) is 38.9 Å². The summed E-state index contributed by atoms with van der Waals surface area (Å²) in [6, 6.07) is 9.65. The first-order valence-electron chi connectivity index (χ1n) is 7.67. The summed E-state index contributed by atoms with van der Waals surface area (Å²) in [5, 5.41) is 8.86. The summed E-state index contributed by atoms with van der Waals surface area (Å²) in [7, 11) is 0. The molecule has 3 N–H and O–H groups in total. The number of nitrogens with one attached hydrogen (secondary N) is 1. The van der Waals surface area contributed by atoms with Crippen LogP contribution in [-0.4, -0.2) is 27.7 Å². The van der Waals surface area contributed by atoms with Crippen molar-refractivity contribution in [3.05, 3.63) is 46.6 Å². The Morgan fingerprint density at radius 3 is 2.65 bits per heavy atom.